The molecule has 138 valence electrons. The molecule has 0 aliphatic rings. The first kappa shape index (κ1) is 21.2. The number of aliphatic hydroxyl groups excluding tert-OH is 2. The van der Waals surface area contributed by atoms with Gasteiger partial charge < -0.3 is 20.1 Å². The Morgan fingerprint density at radius 2 is 2.00 bits per heavy atom. The lowest BCUT2D eigenvalue weighted by Gasteiger charge is -2.23. The van der Waals surface area contributed by atoms with Gasteiger partial charge >= 0.3 is 0 Å². The van der Waals surface area contributed by atoms with E-state index in [1.54, 1.807) is 25.1 Å². The van der Waals surface area contributed by atoms with Gasteiger partial charge in [0.1, 0.15) is 11.9 Å². The van der Waals surface area contributed by atoms with E-state index >= 15 is 0 Å². The Morgan fingerprint density at radius 1 is 1.24 bits per heavy atom. The SMILES string of the molecule is C/C=C/C=C/C=C(\CO)[C@@H](OCc1c(O)cccc1CCC)[C@@H](C)O. The van der Waals surface area contributed by atoms with Crippen LogP contribution in [0.1, 0.15) is 38.3 Å². The number of benzene rings is 1. The molecular weight excluding hydrogens is 316 g/mol. The predicted octanol–water partition coefficient (Wildman–Crippen LogP) is 3.66. The largest absolute Gasteiger partial charge is 0.508 e. The first-order valence-corrected chi connectivity index (χ1v) is 8.73. The summed E-state index contributed by atoms with van der Waals surface area (Å²) in [7, 11) is 0. The fourth-order valence-corrected chi connectivity index (χ4v) is 2.61. The molecule has 0 bridgehead atoms. The van der Waals surface area contributed by atoms with Gasteiger partial charge in [-0.25, -0.2) is 0 Å². The highest BCUT2D eigenvalue weighted by Crippen LogP contribution is 2.25. The van der Waals surface area contributed by atoms with Gasteiger partial charge in [-0.3, -0.25) is 0 Å². The van der Waals surface area contributed by atoms with E-state index in [1.807, 2.05) is 37.3 Å². The Hall–Kier alpha value is -1.88. The van der Waals surface area contributed by atoms with Gasteiger partial charge in [-0.1, -0.05) is 55.9 Å². The van der Waals surface area contributed by atoms with E-state index in [1.165, 1.54) is 0 Å². The Balaban J connectivity index is 2.96. The number of allylic oxidation sites excluding steroid dienone is 5. The molecule has 0 amide bonds. The van der Waals surface area contributed by atoms with Crippen molar-refractivity contribution in [3.8, 4) is 5.75 Å². The molecule has 0 spiro atoms. The summed E-state index contributed by atoms with van der Waals surface area (Å²) in [4.78, 5) is 0. The van der Waals surface area contributed by atoms with Crippen LogP contribution in [0.2, 0.25) is 0 Å². The fraction of sp³-hybridized carbons (Fsp3) is 0.429. The van der Waals surface area contributed by atoms with Crippen LogP contribution in [-0.2, 0) is 17.8 Å². The molecule has 2 atom stereocenters. The van der Waals surface area contributed by atoms with Crippen molar-refractivity contribution >= 4 is 0 Å². The van der Waals surface area contributed by atoms with Gasteiger partial charge in [0.05, 0.1) is 19.3 Å². The van der Waals surface area contributed by atoms with Crippen molar-refractivity contribution in [2.24, 2.45) is 0 Å². The van der Waals surface area contributed by atoms with Crippen LogP contribution < -0.4 is 0 Å². The van der Waals surface area contributed by atoms with Crippen molar-refractivity contribution in [2.75, 3.05) is 6.61 Å². The normalized spacial score (nSPS) is 15.2. The standard InChI is InChI=1S/C21H30O4/c1-4-6-7-8-11-18(14-22)21(16(3)23)25-15-19-17(10-5-2)12-9-13-20(19)24/h4,6-9,11-13,16,21-24H,5,10,14-15H2,1-3H3/b6-4+,8-7+,18-11+/t16-,21+/m1/s1. The van der Waals surface area contributed by atoms with Crippen LogP contribution in [0.3, 0.4) is 0 Å². The molecule has 4 nitrogen and oxygen atoms in total. The average molecular weight is 346 g/mol. The van der Waals surface area contributed by atoms with Crippen LogP contribution in [0.25, 0.3) is 0 Å². The van der Waals surface area contributed by atoms with E-state index in [0.717, 1.165) is 24.0 Å². The molecule has 1 aromatic rings. The minimum absolute atomic E-state index is 0.174. The number of aryl methyl sites for hydroxylation is 1. The molecule has 0 aliphatic carbocycles. The van der Waals surface area contributed by atoms with Crippen molar-refractivity contribution in [3.63, 3.8) is 0 Å². The summed E-state index contributed by atoms with van der Waals surface area (Å²) in [5.74, 6) is 0.192. The van der Waals surface area contributed by atoms with Crippen LogP contribution in [-0.4, -0.2) is 34.1 Å². The smallest absolute Gasteiger partial charge is 0.121 e. The van der Waals surface area contributed by atoms with E-state index in [2.05, 4.69) is 6.92 Å². The van der Waals surface area contributed by atoms with Gasteiger partial charge in [-0.2, -0.15) is 0 Å². The maximum absolute atomic E-state index is 10.1. The molecule has 0 aliphatic heterocycles. The predicted molar refractivity (Wildman–Crippen MR) is 101 cm³/mol. The third-order valence-corrected chi connectivity index (χ3v) is 3.89. The van der Waals surface area contributed by atoms with Crippen LogP contribution in [0.15, 0.2) is 54.2 Å². The van der Waals surface area contributed by atoms with Crippen molar-refractivity contribution in [3.05, 3.63) is 65.3 Å². The second-order valence-corrected chi connectivity index (χ2v) is 5.95. The summed E-state index contributed by atoms with van der Waals surface area (Å²) in [5.41, 5.74) is 2.36. The summed E-state index contributed by atoms with van der Waals surface area (Å²) >= 11 is 0. The van der Waals surface area contributed by atoms with E-state index in [0.29, 0.717) is 5.57 Å². The van der Waals surface area contributed by atoms with Gasteiger partial charge in [0.25, 0.3) is 0 Å². The monoisotopic (exact) mass is 346 g/mol. The number of phenols is 1. The maximum Gasteiger partial charge on any atom is 0.121 e. The number of ether oxygens (including phenoxy) is 1. The maximum atomic E-state index is 10.1. The molecule has 4 heteroatoms. The summed E-state index contributed by atoms with van der Waals surface area (Å²) in [5, 5.41) is 29.8. The van der Waals surface area contributed by atoms with Gasteiger partial charge in [-0.05, 0) is 37.5 Å². The van der Waals surface area contributed by atoms with Crippen molar-refractivity contribution in [2.45, 2.75) is 52.4 Å². The zero-order valence-corrected chi connectivity index (χ0v) is 15.4. The lowest BCUT2D eigenvalue weighted by molar-refractivity contribution is -0.0220. The highest BCUT2D eigenvalue weighted by Gasteiger charge is 2.21. The number of hydrogen-bond donors (Lipinski definition) is 3. The van der Waals surface area contributed by atoms with E-state index in [4.69, 9.17) is 4.74 Å². The van der Waals surface area contributed by atoms with Crippen molar-refractivity contribution < 1.29 is 20.1 Å². The lowest BCUT2D eigenvalue weighted by atomic mass is 10.0. The highest BCUT2D eigenvalue weighted by molar-refractivity contribution is 5.39. The number of phenolic OH excluding ortho intramolecular Hbond substituents is 1. The third-order valence-electron chi connectivity index (χ3n) is 3.89. The van der Waals surface area contributed by atoms with Gasteiger partial charge in [0.15, 0.2) is 0 Å². The molecule has 1 rings (SSSR count). The topological polar surface area (TPSA) is 69.9 Å². The quantitative estimate of drug-likeness (QED) is 0.566. The Bertz CT molecular complexity index is 600. The van der Waals surface area contributed by atoms with Crippen LogP contribution in [0, 0.1) is 0 Å². The molecule has 0 aromatic heterocycles. The second kappa shape index (κ2) is 11.6. The summed E-state index contributed by atoms with van der Waals surface area (Å²) in [6.07, 6.45) is 9.55. The highest BCUT2D eigenvalue weighted by atomic mass is 16.5. The van der Waals surface area contributed by atoms with Gasteiger partial charge in [0, 0.05) is 5.56 Å². The number of rotatable bonds is 10. The van der Waals surface area contributed by atoms with Crippen LogP contribution in [0.4, 0.5) is 0 Å². The Morgan fingerprint density at radius 3 is 2.60 bits per heavy atom. The zero-order chi connectivity index (χ0) is 18.7. The molecule has 0 unspecified atom stereocenters. The summed E-state index contributed by atoms with van der Waals surface area (Å²) < 4.78 is 5.88. The molecule has 0 saturated heterocycles. The lowest BCUT2D eigenvalue weighted by Crippen LogP contribution is -2.30. The minimum atomic E-state index is -0.783. The Kier molecular flexibility index (Phi) is 9.85. The molecule has 0 fully saturated rings. The molecule has 0 saturated carbocycles. The zero-order valence-electron chi connectivity index (χ0n) is 15.4. The van der Waals surface area contributed by atoms with Crippen molar-refractivity contribution in [1.82, 2.24) is 0 Å². The Labute approximate surface area is 150 Å². The van der Waals surface area contributed by atoms with E-state index in [-0.39, 0.29) is 19.0 Å². The number of aromatic hydroxyl groups is 1. The third kappa shape index (κ3) is 6.86. The minimum Gasteiger partial charge on any atom is -0.508 e. The van der Waals surface area contributed by atoms with E-state index < -0.39 is 12.2 Å². The van der Waals surface area contributed by atoms with Crippen LogP contribution in [0.5, 0.6) is 5.75 Å². The molecule has 3 N–H and O–H groups in total. The molecule has 1 aromatic carbocycles. The van der Waals surface area contributed by atoms with E-state index in [9.17, 15) is 15.3 Å². The first-order valence-electron chi connectivity index (χ1n) is 8.73. The fourth-order valence-electron chi connectivity index (χ4n) is 2.61. The van der Waals surface area contributed by atoms with Gasteiger partial charge in [0.2, 0.25) is 0 Å². The molecular formula is C21H30O4. The number of hydrogen-bond acceptors (Lipinski definition) is 4. The average Bonchev–Trinajstić information content (AvgIpc) is 2.58. The summed E-state index contributed by atoms with van der Waals surface area (Å²) in [6, 6.07) is 5.43. The molecule has 0 radical (unpaired) electrons. The summed E-state index contributed by atoms with van der Waals surface area (Å²) in [6.45, 7) is 5.59. The second-order valence-electron chi connectivity index (χ2n) is 5.95. The van der Waals surface area contributed by atoms with Crippen molar-refractivity contribution in [1.29, 1.82) is 0 Å². The van der Waals surface area contributed by atoms with Gasteiger partial charge in [-0.15, -0.1) is 0 Å². The van der Waals surface area contributed by atoms with Crippen LogP contribution >= 0.6 is 0 Å². The first-order chi connectivity index (χ1) is 12.0. The number of aliphatic hydroxyl groups is 2. The molecule has 0 heterocycles. The molecule has 25 heavy (non-hydrogen) atoms.